The Balaban J connectivity index is 1.53. The molecule has 1 amide bonds. The van der Waals surface area contributed by atoms with Gasteiger partial charge in [-0.1, -0.05) is 30.3 Å². The third kappa shape index (κ3) is 3.90. The minimum Gasteiger partial charge on any atom is -0.497 e. The Morgan fingerprint density at radius 2 is 1.87 bits per heavy atom. The van der Waals surface area contributed by atoms with Gasteiger partial charge >= 0.3 is 0 Å². The molecule has 1 atom stereocenters. The Bertz CT molecular complexity index is 639. The third-order valence-electron chi connectivity index (χ3n) is 4.10. The maximum Gasteiger partial charge on any atom is 0.253 e. The fourth-order valence-electron chi connectivity index (χ4n) is 2.75. The predicted molar refractivity (Wildman–Crippen MR) is 88.5 cm³/mol. The number of likely N-dealkylation sites (tertiary alicyclic amines) is 1. The molecule has 0 aromatic heterocycles. The number of benzene rings is 2. The Morgan fingerprint density at radius 1 is 1.13 bits per heavy atom. The molecule has 1 unspecified atom stereocenters. The molecule has 0 bridgehead atoms. The lowest BCUT2D eigenvalue weighted by molar-refractivity contribution is 0.0437. The summed E-state index contributed by atoms with van der Waals surface area (Å²) in [4.78, 5) is 14.4. The highest BCUT2D eigenvalue weighted by Gasteiger charge is 2.27. The van der Waals surface area contributed by atoms with Crippen molar-refractivity contribution in [1.29, 1.82) is 0 Å². The van der Waals surface area contributed by atoms with E-state index >= 15 is 0 Å². The molecule has 0 spiro atoms. The lowest BCUT2D eigenvalue weighted by Gasteiger charge is -2.17. The number of amides is 1. The lowest BCUT2D eigenvalue weighted by atomic mass is 10.2. The second kappa shape index (κ2) is 7.29. The van der Waals surface area contributed by atoms with Crippen molar-refractivity contribution in [3.05, 3.63) is 65.7 Å². The highest BCUT2D eigenvalue weighted by Crippen LogP contribution is 2.19. The molecule has 1 saturated heterocycles. The molecule has 1 aliphatic rings. The second-order valence-electron chi connectivity index (χ2n) is 5.69. The average molecular weight is 311 g/mol. The fourth-order valence-corrected chi connectivity index (χ4v) is 2.75. The quantitative estimate of drug-likeness (QED) is 0.851. The van der Waals surface area contributed by atoms with E-state index in [1.165, 1.54) is 0 Å². The van der Waals surface area contributed by atoms with Crippen LogP contribution in [0.25, 0.3) is 0 Å². The first-order valence-corrected chi connectivity index (χ1v) is 7.85. The first kappa shape index (κ1) is 15.6. The Morgan fingerprint density at radius 3 is 2.57 bits per heavy atom. The van der Waals surface area contributed by atoms with Gasteiger partial charge in [-0.15, -0.1) is 0 Å². The fraction of sp³-hybridized carbons (Fsp3) is 0.316. The van der Waals surface area contributed by atoms with Gasteiger partial charge in [-0.3, -0.25) is 4.79 Å². The predicted octanol–water partition coefficient (Wildman–Crippen LogP) is 3.13. The normalized spacial score (nSPS) is 17.3. The molecule has 0 radical (unpaired) electrons. The van der Waals surface area contributed by atoms with Gasteiger partial charge in [0.15, 0.2) is 0 Å². The van der Waals surface area contributed by atoms with Crippen molar-refractivity contribution < 1.29 is 14.3 Å². The van der Waals surface area contributed by atoms with Crippen molar-refractivity contribution in [3.63, 3.8) is 0 Å². The summed E-state index contributed by atoms with van der Waals surface area (Å²) in [6, 6.07) is 17.3. The molecule has 0 N–H and O–H groups in total. The third-order valence-corrected chi connectivity index (χ3v) is 4.10. The monoisotopic (exact) mass is 311 g/mol. The molecular formula is C19H21NO3. The summed E-state index contributed by atoms with van der Waals surface area (Å²) in [6.07, 6.45) is 0.992. The second-order valence-corrected chi connectivity index (χ2v) is 5.69. The summed E-state index contributed by atoms with van der Waals surface area (Å²) < 4.78 is 11.0. The molecular weight excluding hydrogens is 290 g/mol. The van der Waals surface area contributed by atoms with Crippen LogP contribution in [0.5, 0.6) is 5.75 Å². The number of rotatable bonds is 5. The molecule has 1 heterocycles. The minimum absolute atomic E-state index is 0.0541. The van der Waals surface area contributed by atoms with Gasteiger partial charge < -0.3 is 14.4 Å². The molecule has 4 heteroatoms. The van der Waals surface area contributed by atoms with Gasteiger partial charge in [-0.25, -0.2) is 0 Å². The van der Waals surface area contributed by atoms with Gasteiger partial charge in [0.2, 0.25) is 0 Å². The van der Waals surface area contributed by atoms with Crippen LogP contribution in [0.4, 0.5) is 0 Å². The average Bonchev–Trinajstić information content (AvgIpc) is 3.09. The van der Waals surface area contributed by atoms with Crippen LogP contribution in [0.1, 0.15) is 22.3 Å². The molecule has 2 aromatic carbocycles. The zero-order valence-electron chi connectivity index (χ0n) is 13.3. The van der Waals surface area contributed by atoms with Crippen LogP contribution in [0.3, 0.4) is 0 Å². The number of nitrogens with zero attached hydrogens (tertiary/aromatic N) is 1. The summed E-state index contributed by atoms with van der Waals surface area (Å²) in [6.45, 7) is 1.98. The minimum atomic E-state index is 0.0541. The van der Waals surface area contributed by atoms with E-state index in [-0.39, 0.29) is 12.0 Å². The van der Waals surface area contributed by atoms with Gasteiger partial charge in [0, 0.05) is 18.7 Å². The van der Waals surface area contributed by atoms with E-state index in [1.807, 2.05) is 35.2 Å². The topological polar surface area (TPSA) is 38.8 Å². The van der Waals surface area contributed by atoms with Crippen molar-refractivity contribution in [1.82, 2.24) is 4.90 Å². The SMILES string of the molecule is COc1ccc(C(=O)N2CCC(OCc3ccccc3)C2)cc1. The highest BCUT2D eigenvalue weighted by molar-refractivity contribution is 5.94. The number of ether oxygens (including phenoxy) is 2. The number of hydrogen-bond donors (Lipinski definition) is 0. The van der Waals surface area contributed by atoms with Gasteiger partial charge in [0.05, 0.1) is 19.8 Å². The summed E-state index contributed by atoms with van der Waals surface area (Å²) in [5.74, 6) is 0.811. The van der Waals surface area contributed by atoms with Crippen LogP contribution in [-0.4, -0.2) is 37.1 Å². The van der Waals surface area contributed by atoms with E-state index in [0.29, 0.717) is 18.7 Å². The van der Waals surface area contributed by atoms with Crippen molar-refractivity contribution in [2.24, 2.45) is 0 Å². The lowest BCUT2D eigenvalue weighted by Crippen LogP contribution is -2.30. The Hall–Kier alpha value is -2.33. The van der Waals surface area contributed by atoms with E-state index in [2.05, 4.69) is 12.1 Å². The molecule has 2 aromatic rings. The molecule has 3 rings (SSSR count). The summed E-state index contributed by atoms with van der Waals surface area (Å²) in [7, 11) is 1.62. The summed E-state index contributed by atoms with van der Waals surface area (Å²) in [5.41, 5.74) is 1.85. The zero-order chi connectivity index (χ0) is 16.1. The first-order chi connectivity index (χ1) is 11.3. The molecule has 1 fully saturated rings. The Kier molecular flexibility index (Phi) is 4.93. The number of methoxy groups -OCH3 is 1. The number of carbonyl (C=O) groups excluding carboxylic acids is 1. The molecule has 120 valence electrons. The molecule has 0 saturated carbocycles. The van der Waals surface area contributed by atoms with Gasteiger partial charge in [-0.2, -0.15) is 0 Å². The van der Waals surface area contributed by atoms with E-state index in [4.69, 9.17) is 9.47 Å². The number of hydrogen-bond acceptors (Lipinski definition) is 3. The number of carbonyl (C=O) groups is 1. The van der Waals surface area contributed by atoms with Crippen LogP contribution >= 0.6 is 0 Å². The van der Waals surface area contributed by atoms with Crippen molar-refractivity contribution >= 4 is 5.91 Å². The van der Waals surface area contributed by atoms with Gasteiger partial charge in [0.25, 0.3) is 5.91 Å². The largest absolute Gasteiger partial charge is 0.497 e. The summed E-state index contributed by atoms with van der Waals surface area (Å²) in [5, 5.41) is 0. The summed E-state index contributed by atoms with van der Waals surface area (Å²) >= 11 is 0. The highest BCUT2D eigenvalue weighted by atomic mass is 16.5. The van der Waals surface area contributed by atoms with Crippen LogP contribution < -0.4 is 4.74 Å². The van der Waals surface area contributed by atoms with Gasteiger partial charge in [0.1, 0.15) is 5.75 Å². The molecule has 0 aliphatic carbocycles. The van der Waals surface area contributed by atoms with Crippen LogP contribution in [0.2, 0.25) is 0 Å². The Labute approximate surface area is 136 Å². The van der Waals surface area contributed by atoms with E-state index in [1.54, 1.807) is 19.2 Å². The van der Waals surface area contributed by atoms with E-state index in [9.17, 15) is 4.79 Å². The maximum absolute atomic E-state index is 12.5. The first-order valence-electron chi connectivity index (χ1n) is 7.85. The molecule has 23 heavy (non-hydrogen) atoms. The molecule has 4 nitrogen and oxygen atoms in total. The standard InChI is InChI=1S/C19H21NO3/c1-22-17-9-7-16(8-10-17)19(21)20-12-11-18(13-20)23-14-15-5-3-2-4-6-15/h2-10,18H,11-14H2,1H3. The van der Waals surface area contributed by atoms with Crippen molar-refractivity contribution in [2.75, 3.05) is 20.2 Å². The van der Waals surface area contributed by atoms with Crippen molar-refractivity contribution in [2.45, 2.75) is 19.1 Å². The van der Waals surface area contributed by atoms with E-state index in [0.717, 1.165) is 24.3 Å². The van der Waals surface area contributed by atoms with E-state index < -0.39 is 0 Å². The van der Waals surface area contributed by atoms with Crippen LogP contribution in [0.15, 0.2) is 54.6 Å². The van der Waals surface area contributed by atoms with Crippen LogP contribution in [0, 0.1) is 0 Å². The van der Waals surface area contributed by atoms with Crippen molar-refractivity contribution in [3.8, 4) is 5.75 Å². The van der Waals surface area contributed by atoms with Gasteiger partial charge in [-0.05, 0) is 36.2 Å². The zero-order valence-corrected chi connectivity index (χ0v) is 13.3. The molecule has 1 aliphatic heterocycles. The maximum atomic E-state index is 12.5. The smallest absolute Gasteiger partial charge is 0.253 e. The van der Waals surface area contributed by atoms with Crippen LogP contribution in [-0.2, 0) is 11.3 Å².